The maximum absolute atomic E-state index is 14.1. The molecule has 4 aliphatic heterocycles. The number of hydrogen-bond acceptors (Lipinski definition) is 7. The molecule has 1 aromatic heterocycles. The number of carbonyl (C=O) groups is 3. The fourth-order valence-electron chi connectivity index (χ4n) is 7.58. The van der Waals surface area contributed by atoms with Gasteiger partial charge in [-0.05, 0) is 74.3 Å². The van der Waals surface area contributed by atoms with Crippen LogP contribution in [0, 0.1) is 5.92 Å². The molecule has 4 amide bonds. The predicted octanol–water partition coefficient (Wildman–Crippen LogP) is 4.95. The van der Waals surface area contributed by atoms with Crippen molar-refractivity contribution in [3.63, 3.8) is 0 Å². The molecule has 3 saturated heterocycles. The van der Waals surface area contributed by atoms with Crippen molar-refractivity contribution < 1.29 is 27.6 Å². The molecule has 15 heteroatoms. The first-order chi connectivity index (χ1) is 23.0. The Morgan fingerprint density at radius 1 is 1.02 bits per heavy atom. The van der Waals surface area contributed by atoms with E-state index in [2.05, 4.69) is 20.9 Å². The molecule has 4 aliphatic rings. The third kappa shape index (κ3) is 7.71. The summed E-state index contributed by atoms with van der Waals surface area (Å²) in [5.74, 6) is -1.27. The van der Waals surface area contributed by atoms with Gasteiger partial charge < -0.3 is 30.7 Å². The number of carbonyl (C=O) groups excluding carboxylic acids is 3. The van der Waals surface area contributed by atoms with Gasteiger partial charge in [-0.1, -0.05) is 11.6 Å². The minimum Gasteiger partial charge on any atom is -0.386 e. The Bertz CT molecular complexity index is 1490. The van der Waals surface area contributed by atoms with Crippen LogP contribution in [-0.4, -0.2) is 109 Å². The number of nitrogens with one attached hydrogen (secondary N) is 3. The molecule has 6 rings (SSSR count). The highest BCUT2D eigenvalue weighted by Gasteiger charge is 2.38. The van der Waals surface area contributed by atoms with E-state index >= 15 is 0 Å². The Kier molecular flexibility index (Phi) is 10.7. The molecule has 262 valence electrons. The molecule has 3 fully saturated rings. The van der Waals surface area contributed by atoms with Gasteiger partial charge in [0, 0.05) is 69.7 Å². The highest BCUT2D eigenvalue weighted by atomic mass is 35.5. The Morgan fingerprint density at radius 3 is 2.40 bits per heavy atom. The normalized spacial score (nSPS) is 20.8. The van der Waals surface area contributed by atoms with Crippen molar-refractivity contribution in [3.05, 3.63) is 44.6 Å². The number of piperidine rings is 2. The number of hydrogen-bond donors (Lipinski definition) is 3. The van der Waals surface area contributed by atoms with Gasteiger partial charge in [0.25, 0.3) is 0 Å². The van der Waals surface area contributed by atoms with E-state index in [1.165, 1.54) is 13.1 Å². The van der Waals surface area contributed by atoms with Gasteiger partial charge in [0.15, 0.2) is 0 Å². The standard InChI is InChI=1S/C33H43ClF3N7O3S/c1-38-30-25(33(35,36)37)17-21(18-26(30)34)16-22(31(46)43-13-11-41(12-14-43)23-2-7-39-8-3-23)19-29(45)42-9-4-24(5-10-42)44-20-28-27(6-15-48-28)40-32(44)47/h6,15,17-18,22-24,38-39H,2-5,7-14,16,19-20H2,1H3,(H,40,47)/t22-/m0/s1. The quantitative estimate of drug-likeness (QED) is 0.359. The van der Waals surface area contributed by atoms with Crippen LogP contribution >= 0.6 is 22.9 Å². The molecule has 1 aromatic carbocycles. The number of nitrogens with zero attached hydrogens (tertiary/aromatic N) is 4. The second-order valence-electron chi connectivity index (χ2n) is 13.1. The average molecular weight is 710 g/mol. The first-order valence-electron chi connectivity index (χ1n) is 16.7. The lowest BCUT2D eigenvalue weighted by atomic mass is 9.91. The molecule has 0 saturated carbocycles. The third-order valence-corrected chi connectivity index (χ3v) is 11.4. The van der Waals surface area contributed by atoms with Crippen molar-refractivity contribution in [1.29, 1.82) is 0 Å². The van der Waals surface area contributed by atoms with Crippen LogP contribution in [0.5, 0.6) is 0 Å². The number of amides is 4. The van der Waals surface area contributed by atoms with Gasteiger partial charge in [-0.2, -0.15) is 13.2 Å². The summed E-state index contributed by atoms with van der Waals surface area (Å²) in [4.78, 5) is 49.4. The molecule has 0 unspecified atom stereocenters. The van der Waals surface area contributed by atoms with E-state index < -0.39 is 17.7 Å². The zero-order valence-corrected chi connectivity index (χ0v) is 28.7. The lowest BCUT2D eigenvalue weighted by Gasteiger charge is -2.42. The van der Waals surface area contributed by atoms with Crippen LogP contribution in [0.25, 0.3) is 0 Å². The first kappa shape index (κ1) is 34.8. The molecule has 1 atom stereocenters. The summed E-state index contributed by atoms with van der Waals surface area (Å²) in [5.41, 5.74) is -0.0179. The van der Waals surface area contributed by atoms with Gasteiger partial charge in [0.1, 0.15) is 0 Å². The van der Waals surface area contributed by atoms with Gasteiger partial charge in [0.05, 0.1) is 34.4 Å². The number of alkyl halides is 3. The summed E-state index contributed by atoms with van der Waals surface area (Å²) in [5, 5.41) is 10.7. The highest BCUT2D eigenvalue weighted by Crippen LogP contribution is 2.40. The summed E-state index contributed by atoms with van der Waals surface area (Å²) >= 11 is 7.90. The summed E-state index contributed by atoms with van der Waals surface area (Å²) in [7, 11) is 1.38. The van der Waals surface area contributed by atoms with E-state index in [-0.39, 0.29) is 53.0 Å². The van der Waals surface area contributed by atoms with Gasteiger partial charge in [-0.25, -0.2) is 4.79 Å². The van der Waals surface area contributed by atoms with E-state index in [0.29, 0.717) is 51.6 Å². The van der Waals surface area contributed by atoms with Gasteiger partial charge in [0.2, 0.25) is 11.8 Å². The van der Waals surface area contributed by atoms with Crippen LogP contribution in [-0.2, 0) is 28.7 Å². The maximum Gasteiger partial charge on any atom is 0.418 e. The Balaban J connectivity index is 1.14. The van der Waals surface area contributed by atoms with Crippen molar-refractivity contribution in [2.45, 2.75) is 63.3 Å². The van der Waals surface area contributed by atoms with Crippen LogP contribution in [0.2, 0.25) is 5.02 Å². The second kappa shape index (κ2) is 14.8. The second-order valence-corrected chi connectivity index (χ2v) is 14.5. The number of halogens is 4. The number of benzene rings is 1. The first-order valence-corrected chi connectivity index (χ1v) is 18.0. The summed E-state index contributed by atoms with van der Waals surface area (Å²) in [6.07, 6.45) is -1.49. The van der Waals surface area contributed by atoms with Crippen LogP contribution in [0.4, 0.5) is 29.3 Å². The van der Waals surface area contributed by atoms with Crippen LogP contribution in [0.1, 0.15) is 48.1 Å². The lowest BCUT2D eigenvalue weighted by molar-refractivity contribution is -0.143. The predicted molar refractivity (Wildman–Crippen MR) is 180 cm³/mol. The zero-order valence-electron chi connectivity index (χ0n) is 27.1. The number of anilines is 2. The number of urea groups is 1. The van der Waals surface area contributed by atoms with E-state index in [1.54, 1.807) is 21.1 Å². The zero-order chi connectivity index (χ0) is 34.0. The van der Waals surface area contributed by atoms with Gasteiger partial charge >= 0.3 is 12.2 Å². The maximum atomic E-state index is 14.1. The summed E-state index contributed by atoms with van der Waals surface area (Å²) < 4.78 is 42.0. The van der Waals surface area contributed by atoms with Crippen molar-refractivity contribution in [3.8, 4) is 0 Å². The Morgan fingerprint density at radius 2 is 1.73 bits per heavy atom. The van der Waals surface area contributed by atoms with Crippen LogP contribution in [0.15, 0.2) is 23.6 Å². The molecule has 48 heavy (non-hydrogen) atoms. The number of piperazine rings is 1. The number of thiophene rings is 1. The van der Waals surface area contributed by atoms with Crippen LogP contribution in [0.3, 0.4) is 0 Å². The number of likely N-dealkylation sites (tertiary alicyclic amines) is 1. The van der Waals surface area contributed by atoms with Crippen molar-refractivity contribution in [2.24, 2.45) is 5.92 Å². The number of fused-ring (bicyclic) bond motifs is 1. The molecule has 0 bridgehead atoms. The molecule has 0 radical (unpaired) electrons. The highest BCUT2D eigenvalue weighted by molar-refractivity contribution is 7.10. The Labute approximate surface area is 287 Å². The molecule has 0 aliphatic carbocycles. The van der Waals surface area contributed by atoms with E-state index in [1.807, 2.05) is 16.3 Å². The molecule has 10 nitrogen and oxygen atoms in total. The topological polar surface area (TPSA) is 100 Å². The fraction of sp³-hybridized carbons (Fsp3) is 0.606. The van der Waals surface area contributed by atoms with Crippen molar-refractivity contribution in [1.82, 2.24) is 24.9 Å². The molecule has 2 aromatic rings. The average Bonchev–Trinajstić information content (AvgIpc) is 3.54. The SMILES string of the molecule is CNc1c(Cl)cc(C[C@@H](CC(=O)N2CCC(N3Cc4sccc4NC3=O)CC2)C(=O)N2CCN(C3CCNCC3)CC2)cc1C(F)(F)F. The smallest absolute Gasteiger partial charge is 0.386 e. The Hall–Kier alpha value is -3.07. The van der Waals surface area contributed by atoms with E-state index in [4.69, 9.17) is 11.6 Å². The van der Waals surface area contributed by atoms with Crippen LogP contribution < -0.4 is 16.0 Å². The molecular formula is C33H43ClF3N7O3S. The lowest BCUT2D eigenvalue weighted by Crippen LogP contribution is -2.55. The molecule has 0 spiro atoms. The van der Waals surface area contributed by atoms with Gasteiger partial charge in [-0.3, -0.25) is 14.5 Å². The van der Waals surface area contributed by atoms with E-state index in [9.17, 15) is 27.6 Å². The van der Waals surface area contributed by atoms with Crippen molar-refractivity contribution >= 4 is 52.2 Å². The largest absolute Gasteiger partial charge is 0.418 e. The summed E-state index contributed by atoms with van der Waals surface area (Å²) in [6.45, 7) is 5.81. The monoisotopic (exact) mass is 709 g/mol. The van der Waals surface area contributed by atoms with Gasteiger partial charge in [-0.15, -0.1) is 11.3 Å². The molecule has 5 heterocycles. The van der Waals surface area contributed by atoms with E-state index in [0.717, 1.165) is 55.7 Å². The number of rotatable bonds is 8. The van der Waals surface area contributed by atoms with Crippen molar-refractivity contribution in [2.75, 3.05) is 70.0 Å². The fourth-order valence-corrected chi connectivity index (χ4v) is 8.74. The third-order valence-electron chi connectivity index (χ3n) is 10.2. The molecule has 3 N–H and O–H groups in total. The molecular weight excluding hydrogens is 667 g/mol. The minimum absolute atomic E-state index is 0.0217. The summed E-state index contributed by atoms with van der Waals surface area (Å²) in [6, 6.07) is 4.70. The minimum atomic E-state index is -4.65.